The van der Waals surface area contributed by atoms with E-state index in [1.807, 2.05) is 0 Å². The maximum Gasteiger partial charge on any atom is 0.394 e. The van der Waals surface area contributed by atoms with Crippen molar-refractivity contribution in [2.75, 3.05) is 0 Å². The average molecular weight is 314 g/mol. The minimum atomic E-state index is -4.67. The zero-order chi connectivity index (χ0) is 15.6. The molecule has 0 saturated heterocycles. The highest BCUT2D eigenvalue weighted by molar-refractivity contribution is 7.80. The predicted molar refractivity (Wildman–Crippen MR) is 52.9 cm³/mol. The standard InChI is InChI=1S/C4H6O4.2H2O4S/c5-3(6)1-2-4(7)8;2*1-5(2,3)4/h1-2H2,(H,5,6)(H,7,8);2*(H2,1,2,3,4). The molecule has 0 bridgehead atoms. The van der Waals surface area contributed by atoms with Crippen LogP contribution in [-0.4, -0.2) is 57.2 Å². The molecule has 110 valence electrons. The summed E-state index contributed by atoms with van der Waals surface area (Å²) in [5, 5.41) is 15.8. The second-order valence-corrected chi connectivity index (χ2v) is 3.97. The highest BCUT2D eigenvalue weighted by Gasteiger charge is 2.00. The van der Waals surface area contributed by atoms with E-state index in [4.69, 9.17) is 45.3 Å². The molecule has 18 heavy (non-hydrogen) atoms. The molecule has 0 aromatic rings. The molecule has 14 heteroatoms. The zero-order valence-electron chi connectivity index (χ0n) is 8.36. The van der Waals surface area contributed by atoms with E-state index in [1.165, 1.54) is 0 Å². The van der Waals surface area contributed by atoms with Crippen molar-refractivity contribution < 1.29 is 54.8 Å². The quantitative estimate of drug-likeness (QED) is 0.332. The van der Waals surface area contributed by atoms with E-state index in [0.29, 0.717) is 0 Å². The first kappa shape index (κ1) is 21.9. The Morgan fingerprint density at radius 1 is 0.667 bits per heavy atom. The predicted octanol–water partition coefficient (Wildman–Crippen LogP) is -1.37. The third-order valence-corrected chi connectivity index (χ3v) is 0.553. The van der Waals surface area contributed by atoms with Gasteiger partial charge in [-0.2, -0.15) is 16.8 Å². The van der Waals surface area contributed by atoms with Crippen LogP contribution in [0.25, 0.3) is 0 Å². The van der Waals surface area contributed by atoms with Crippen LogP contribution in [0, 0.1) is 0 Å². The SMILES string of the molecule is O=C(O)CCC(=O)O.O=S(=O)(O)O.O=S(=O)(O)O. The molecule has 0 unspecified atom stereocenters. The van der Waals surface area contributed by atoms with E-state index >= 15 is 0 Å². The fourth-order valence-corrected chi connectivity index (χ4v) is 0.214. The Labute approximate surface area is 101 Å². The maximum absolute atomic E-state index is 9.64. The van der Waals surface area contributed by atoms with E-state index in [9.17, 15) is 9.59 Å². The van der Waals surface area contributed by atoms with Crippen LogP contribution in [0.2, 0.25) is 0 Å². The van der Waals surface area contributed by atoms with Crippen LogP contribution in [0.3, 0.4) is 0 Å². The van der Waals surface area contributed by atoms with E-state index in [-0.39, 0.29) is 12.8 Å². The molecule has 6 N–H and O–H groups in total. The maximum atomic E-state index is 9.64. The molecule has 0 heterocycles. The number of aliphatic carboxylic acids is 2. The molecule has 0 aliphatic rings. The Kier molecular flexibility index (Phi) is 11.8. The summed E-state index contributed by atoms with van der Waals surface area (Å²) >= 11 is 0. The molecule has 0 amide bonds. The summed E-state index contributed by atoms with van der Waals surface area (Å²) in [6, 6.07) is 0. The lowest BCUT2D eigenvalue weighted by Crippen LogP contribution is -2.00. The molecule has 0 atom stereocenters. The van der Waals surface area contributed by atoms with Gasteiger partial charge in [0.1, 0.15) is 0 Å². The number of carboxylic acids is 2. The minimum absolute atomic E-state index is 0.296. The van der Waals surface area contributed by atoms with Crippen molar-refractivity contribution in [3.8, 4) is 0 Å². The Hall–Kier alpha value is -1.32. The lowest BCUT2D eigenvalue weighted by atomic mass is 10.3. The van der Waals surface area contributed by atoms with Crippen LogP contribution in [0.1, 0.15) is 12.8 Å². The largest absolute Gasteiger partial charge is 0.481 e. The van der Waals surface area contributed by atoms with E-state index in [2.05, 4.69) is 0 Å². The topological polar surface area (TPSA) is 224 Å². The van der Waals surface area contributed by atoms with Gasteiger partial charge in [-0.15, -0.1) is 0 Å². The first-order valence-electron chi connectivity index (χ1n) is 3.46. The number of hydrogen-bond donors (Lipinski definition) is 6. The van der Waals surface area contributed by atoms with Gasteiger partial charge in [0, 0.05) is 0 Å². The molecule has 0 spiro atoms. The third-order valence-electron chi connectivity index (χ3n) is 0.553. The summed E-state index contributed by atoms with van der Waals surface area (Å²) in [4.78, 5) is 19.3. The summed E-state index contributed by atoms with van der Waals surface area (Å²) in [7, 11) is -9.33. The summed E-state index contributed by atoms with van der Waals surface area (Å²) in [5.41, 5.74) is 0. The summed E-state index contributed by atoms with van der Waals surface area (Å²) in [5.74, 6) is -2.15. The Morgan fingerprint density at radius 3 is 0.833 bits per heavy atom. The lowest BCUT2D eigenvalue weighted by Gasteiger charge is -1.85. The second kappa shape index (κ2) is 9.68. The number of carbonyl (C=O) groups is 2. The molecule has 0 aromatic carbocycles. The number of hydrogen-bond acceptors (Lipinski definition) is 6. The van der Waals surface area contributed by atoms with Gasteiger partial charge >= 0.3 is 32.7 Å². The van der Waals surface area contributed by atoms with Crippen LogP contribution in [0.4, 0.5) is 0 Å². The Balaban J connectivity index is -0.000000197. The molecule has 0 radical (unpaired) electrons. The summed E-state index contributed by atoms with van der Waals surface area (Å²) in [6.45, 7) is 0. The van der Waals surface area contributed by atoms with Crippen LogP contribution >= 0.6 is 0 Å². The van der Waals surface area contributed by atoms with E-state index in [1.54, 1.807) is 0 Å². The monoisotopic (exact) mass is 314 g/mol. The normalized spacial score (nSPS) is 10.2. The highest BCUT2D eigenvalue weighted by Crippen LogP contribution is 1.86. The van der Waals surface area contributed by atoms with Crippen molar-refractivity contribution in [2.24, 2.45) is 0 Å². The average Bonchev–Trinajstić information content (AvgIpc) is 1.93. The van der Waals surface area contributed by atoms with Gasteiger partial charge in [-0.3, -0.25) is 27.8 Å². The summed E-state index contributed by atoms with van der Waals surface area (Å²) in [6.07, 6.45) is -0.593. The van der Waals surface area contributed by atoms with Gasteiger partial charge in [-0.05, 0) is 0 Å². The van der Waals surface area contributed by atoms with Crippen molar-refractivity contribution in [1.82, 2.24) is 0 Å². The molecule has 12 nitrogen and oxygen atoms in total. The van der Waals surface area contributed by atoms with Crippen LogP contribution in [0.15, 0.2) is 0 Å². The number of carboxylic acid groups (broad SMARTS) is 2. The van der Waals surface area contributed by atoms with E-state index in [0.717, 1.165) is 0 Å². The molecule has 0 aliphatic heterocycles. The molecule has 0 aromatic heterocycles. The third kappa shape index (κ3) is 203. The van der Waals surface area contributed by atoms with Crippen LogP contribution in [-0.2, 0) is 30.4 Å². The first-order chi connectivity index (χ1) is 7.63. The van der Waals surface area contributed by atoms with Crippen molar-refractivity contribution >= 4 is 32.7 Å². The molecule has 0 saturated carbocycles. The van der Waals surface area contributed by atoms with Gasteiger partial charge < -0.3 is 10.2 Å². The van der Waals surface area contributed by atoms with Gasteiger partial charge in [-0.25, -0.2) is 0 Å². The summed E-state index contributed by atoms with van der Waals surface area (Å²) < 4.78 is 63.2. The van der Waals surface area contributed by atoms with Crippen molar-refractivity contribution in [3.05, 3.63) is 0 Å². The second-order valence-electron chi connectivity index (χ2n) is 2.18. The molecular formula is C4H10O12S2. The first-order valence-corrected chi connectivity index (χ1v) is 6.25. The molecule has 0 fully saturated rings. The minimum Gasteiger partial charge on any atom is -0.481 e. The van der Waals surface area contributed by atoms with Gasteiger partial charge in [-0.1, -0.05) is 0 Å². The molecular weight excluding hydrogens is 304 g/mol. The molecule has 0 rings (SSSR count). The number of rotatable bonds is 3. The zero-order valence-corrected chi connectivity index (χ0v) is 10.00. The van der Waals surface area contributed by atoms with Gasteiger partial charge in [0.2, 0.25) is 0 Å². The lowest BCUT2D eigenvalue weighted by molar-refractivity contribution is -0.143. The van der Waals surface area contributed by atoms with Crippen molar-refractivity contribution in [3.63, 3.8) is 0 Å². The smallest absolute Gasteiger partial charge is 0.394 e. The molecule has 0 aliphatic carbocycles. The van der Waals surface area contributed by atoms with Crippen LogP contribution < -0.4 is 0 Å². The van der Waals surface area contributed by atoms with Crippen LogP contribution in [0.5, 0.6) is 0 Å². The highest BCUT2D eigenvalue weighted by atomic mass is 32.3. The van der Waals surface area contributed by atoms with Crippen molar-refractivity contribution in [1.29, 1.82) is 0 Å². The fourth-order valence-electron chi connectivity index (χ4n) is 0.214. The van der Waals surface area contributed by atoms with E-state index < -0.39 is 32.7 Å². The van der Waals surface area contributed by atoms with Crippen molar-refractivity contribution in [2.45, 2.75) is 12.8 Å². The fraction of sp³-hybridized carbons (Fsp3) is 0.500. The Bertz CT molecular complexity index is 382. The Morgan fingerprint density at radius 2 is 0.778 bits per heavy atom. The van der Waals surface area contributed by atoms with Gasteiger partial charge in [0.25, 0.3) is 0 Å². The van der Waals surface area contributed by atoms with Gasteiger partial charge in [0.15, 0.2) is 0 Å². The van der Waals surface area contributed by atoms with Gasteiger partial charge in [0.05, 0.1) is 12.8 Å².